The SMILES string of the molecule is CC1CCC(NC(=O)NC(C(=O)O)C2CCCCC2)C1. The van der Waals surface area contributed by atoms with Gasteiger partial charge in [0.1, 0.15) is 6.04 Å². The van der Waals surface area contributed by atoms with E-state index in [1.54, 1.807) is 0 Å². The number of nitrogens with one attached hydrogen (secondary N) is 2. The van der Waals surface area contributed by atoms with Crippen LogP contribution in [0.1, 0.15) is 58.3 Å². The summed E-state index contributed by atoms with van der Waals surface area (Å²) in [6.45, 7) is 2.18. The molecule has 0 heterocycles. The van der Waals surface area contributed by atoms with Gasteiger partial charge < -0.3 is 15.7 Å². The van der Waals surface area contributed by atoms with Crippen molar-refractivity contribution in [1.29, 1.82) is 0 Å². The van der Waals surface area contributed by atoms with Crippen molar-refractivity contribution in [3.8, 4) is 0 Å². The molecule has 0 aliphatic heterocycles. The van der Waals surface area contributed by atoms with Crippen molar-refractivity contribution in [3.63, 3.8) is 0 Å². The van der Waals surface area contributed by atoms with Crippen LogP contribution in [-0.2, 0) is 4.79 Å². The maximum Gasteiger partial charge on any atom is 0.326 e. The second kappa shape index (κ2) is 6.95. The van der Waals surface area contributed by atoms with Crippen molar-refractivity contribution in [1.82, 2.24) is 10.6 Å². The van der Waals surface area contributed by atoms with E-state index in [1.165, 1.54) is 6.42 Å². The second-order valence-electron chi connectivity index (χ2n) is 6.45. The predicted octanol–water partition coefficient (Wildman–Crippen LogP) is 2.51. The van der Waals surface area contributed by atoms with Crippen LogP contribution in [0, 0.1) is 11.8 Å². The highest BCUT2D eigenvalue weighted by atomic mass is 16.4. The number of carbonyl (C=O) groups is 2. The lowest BCUT2D eigenvalue weighted by Crippen LogP contribution is -2.51. The van der Waals surface area contributed by atoms with Crippen LogP contribution in [0.3, 0.4) is 0 Å². The Labute approximate surface area is 120 Å². The number of carbonyl (C=O) groups excluding carboxylic acids is 1. The van der Waals surface area contributed by atoms with Crippen molar-refractivity contribution >= 4 is 12.0 Å². The van der Waals surface area contributed by atoms with Crippen molar-refractivity contribution in [2.75, 3.05) is 0 Å². The third-order valence-electron chi connectivity index (χ3n) is 4.70. The predicted molar refractivity (Wildman–Crippen MR) is 76.5 cm³/mol. The molecule has 2 saturated carbocycles. The normalized spacial score (nSPS) is 28.9. The molecule has 2 aliphatic rings. The van der Waals surface area contributed by atoms with Crippen LogP contribution in [0.25, 0.3) is 0 Å². The first-order valence-corrected chi connectivity index (χ1v) is 7.86. The molecule has 0 aromatic rings. The fraction of sp³-hybridized carbons (Fsp3) is 0.867. The zero-order valence-corrected chi connectivity index (χ0v) is 12.2. The molecule has 2 amide bonds. The van der Waals surface area contributed by atoms with E-state index in [0.717, 1.165) is 44.9 Å². The number of carboxylic acids is 1. The molecule has 0 bridgehead atoms. The number of carboxylic acid groups (broad SMARTS) is 1. The Morgan fingerprint density at radius 3 is 2.35 bits per heavy atom. The molecular formula is C15H26N2O3. The summed E-state index contributed by atoms with van der Waals surface area (Å²) in [4.78, 5) is 23.4. The number of hydrogen-bond donors (Lipinski definition) is 3. The van der Waals surface area contributed by atoms with Gasteiger partial charge in [-0.15, -0.1) is 0 Å². The fourth-order valence-electron chi connectivity index (χ4n) is 3.56. The second-order valence-corrected chi connectivity index (χ2v) is 6.45. The first-order chi connectivity index (χ1) is 9.56. The molecule has 20 heavy (non-hydrogen) atoms. The highest BCUT2D eigenvalue weighted by Crippen LogP contribution is 2.27. The molecule has 114 valence electrons. The molecule has 0 spiro atoms. The zero-order chi connectivity index (χ0) is 14.5. The molecule has 0 aromatic heterocycles. The summed E-state index contributed by atoms with van der Waals surface area (Å²) >= 11 is 0. The van der Waals surface area contributed by atoms with Gasteiger partial charge in [-0.2, -0.15) is 0 Å². The van der Waals surface area contributed by atoms with Crippen LogP contribution in [-0.4, -0.2) is 29.2 Å². The third-order valence-corrected chi connectivity index (χ3v) is 4.70. The Kier molecular flexibility index (Phi) is 5.26. The lowest BCUT2D eigenvalue weighted by Gasteiger charge is -2.28. The van der Waals surface area contributed by atoms with E-state index in [4.69, 9.17) is 0 Å². The summed E-state index contributed by atoms with van der Waals surface area (Å²) in [5.41, 5.74) is 0. The Hall–Kier alpha value is -1.26. The molecule has 3 atom stereocenters. The minimum absolute atomic E-state index is 0.0782. The summed E-state index contributed by atoms with van der Waals surface area (Å²) in [7, 11) is 0. The van der Waals surface area contributed by atoms with Gasteiger partial charge in [0, 0.05) is 6.04 Å². The number of rotatable bonds is 4. The lowest BCUT2D eigenvalue weighted by molar-refractivity contribution is -0.141. The van der Waals surface area contributed by atoms with Crippen molar-refractivity contribution in [2.24, 2.45) is 11.8 Å². The highest BCUT2D eigenvalue weighted by molar-refractivity contribution is 5.82. The quantitative estimate of drug-likeness (QED) is 0.741. The molecule has 3 unspecified atom stereocenters. The molecule has 2 aliphatic carbocycles. The van der Waals surface area contributed by atoms with E-state index < -0.39 is 12.0 Å². The molecule has 0 aromatic carbocycles. The van der Waals surface area contributed by atoms with Crippen molar-refractivity contribution in [2.45, 2.75) is 70.4 Å². The molecular weight excluding hydrogens is 256 g/mol. The van der Waals surface area contributed by atoms with Crippen LogP contribution in [0.4, 0.5) is 4.79 Å². The standard InChI is InChI=1S/C15H26N2O3/c1-10-7-8-12(9-10)16-15(20)17-13(14(18)19)11-5-3-2-4-6-11/h10-13H,2-9H2,1H3,(H,18,19)(H2,16,17,20). The molecule has 5 heteroatoms. The van der Waals surface area contributed by atoms with E-state index >= 15 is 0 Å². The van der Waals surface area contributed by atoms with E-state index in [0.29, 0.717) is 5.92 Å². The number of hydrogen-bond acceptors (Lipinski definition) is 2. The number of aliphatic carboxylic acids is 1. The van der Waals surface area contributed by atoms with Gasteiger partial charge in [-0.25, -0.2) is 9.59 Å². The van der Waals surface area contributed by atoms with Gasteiger partial charge in [0.2, 0.25) is 0 Å². The Balaban J connectivity index is 1.84. The third kappa shape index (κ3) is 4.12. The Morgan fingerprint density at radius 2 is 1.80 bits per heavy atom. The van der Waals surface area contributed by atoms with Gasteiger partial charge in [0.25, 0.3) is 0 Å². The molecule has 2 fully saturated rings. The average Bonchev–Trinajstić information content (AvgIpc) is 2.82. The van der Waals surface area contributed by atoms with Crippen LogP contribution < -0.4 is 10.6 Å². The average molecular weight is 282 g/mol. The summed E-state index contributed by atoms with van der Waals surface area (Å²) in [5, 5.41) is 14.9. The highest BCUT2D eigenvalue weighted by Gasteiger charge is 2.31. The van der Waals surface area contributed by atoms with E-state index in [2.05, 4.69) is 17.6 Å². The maximum atomic E-state index is 12.0. The molecule has 2 rings (SSSR count). The van der Waals surface area contributed by atoms with Crippen LogP contribution in [0.2, 0.25) is 0 Å². The van der Waals surface area contributed by atoms with Crippen molar-refractivity contribution < 1.29 is 14.7 Å². The van der Waals surface area contributed by atoms with Crippen LogP contribution in [0.15, 0.2) is 0 Å². The van der Waals surface area contributed by atoms with Gasteiger partial charge in [-0.1, -0.05) is 26.2 Å². The lowest BCUT2D eigenvalue weighted by atomic mass is 9.84. The minimum Gasteiger partial charge on any atom is -0.480 e. The monoisotopic (exact) mass is 282 g/mol. The first-order valence-electron chi connectivity index (χ1n) is 7.86. The first kappa shape index (κ1) is 15.1. The fourth-order valence-corrected chi connectivity index (χ4v) is 3.56. The van der Waals surface area contributed by atoms with E-state index in [-0.39, 0.29) is 18.0 Å². The van der Waals surface area contributed by atoms with E-state index in [1.807, 2.05) is 0 Å². The van der Waals surface area contributed by atoms with Gasteiger partial charge in [0.05, 0.1) is 0 Å². The van der Waals surface area contributed by atoms with Gasteiger partial charge in [-0.3, -0.25) is 0 Å². The molecule has 0 saturated heterocycles. The maximum absolute atomic E-state index is 12.0. The minimum atomic E-state index is -0.910. The van der Waals surface area contributed by atoms with Crippen LogP contribution in [0.5, 0.6) is 0 Å². The summed E-state index contributed by atoms with van der Waals surface area (Å²) < 4.78 is 0. The largest absolute Gasteiger partial charge is 0.480 e. The van der Waals surface area contributed by atoms with Crippen LogP contribution >= 0.6 is 0 Å². The van der Waals surface area contributed by atoms with Gasteiger partial charge >= 0.3 is 12.0 Å². The summed E-state index contributed by atoms with van der Waals surface area (Å²) in [5.74, 6) is -0.185. The van der Waals surface area contributed by atoms with Crippen molar-refractivity contribution in [3.05, 3.63) is 0 Å². The molecule has 5 nitrogen and oxygen atoms in total. The molecule has 3 N–H and O–H groups in total. The van der Waals surface area contributed by atoms with Gasteiger partial charge in [0.15, 0.2) is 0 Å². The topological polar surface area (TPSA) is 78.4 Å². The van der Waals surface area contributed by atoms with E-state index in [9.17, 15) is 14.7 Å². The Morgan fingerprint density at radius 1 is 1.10 bits per heavy atom. The Bertz CT molecular complexity index is 353. The summed E-state index contributed by atoms with van der Waals surface area (Å²) in [6.07, 6.45) is 8.24. The smallest absolute Gasteiger partial charge is 0.326 e. The van der Waals surface area contributed by atoms with Gasteiger partial charge in [-0.05, 0) is 43.9 Å². The molecule has 0 radical (unpaired) electrons. The summed E-state index contributed by atoms with van der Waals surface area (Å²) in [6, 6.07) is -0.859. The number of amides is 2. The zero-order valence-electron chi connectivity index (χ0n) is 12.2. The number of urea groups is 1.